The number of rotatable bonds is 7. The highest BCUT2D eigenvalue weighted by atomic mass is 35.5. The predicted octanol–water partition coefficient (Wildman–Crippen LogP) is 5.20. The summed E-state index contributed by atoms with van der Waals surface area (Å²) in [4.78, 5) is 26.2. The van der Waals surface area contributed by atoms with E-state index in [1.165, 1.54) is 7.11 Å². The lowest BCUT2D eigenvalue weighted by molar-refractivity contribution is -0.145. The van der Waals surface area contributed by atoms with Gasteiger partial charge in [-0.25, -0.2) is 4.79 Å². The van der Waals surface area contributed by atoms with E-state index in [0.717, 1.165) is 11.1 Å². The van der Waals surface area contributed by atoms with E-state index in [9.17, 15) is 9.59 Å². The molecule has 3 aromatic rings. The van der Waals surface area contributed by atoms with Crippen LogP contribution in [-0.2, 0) is 26.2 Å². The molecule has 0 spiro atoms. The molecule has 1 N–H and O–H groups in total. The monoisotopic (exact) mass is 455 g/mol. The van der Waals surface area contributed by atoms with Crippen LogP contribution < -0.4 is 5.32 Å². The number of halogens is 2. The molecule has 3 aromatic carbocycles. The fraction of sp³-hybridized carbons (Fsp3) is 0.200. The summed E-state index contributed by atoms with van der Waals surface area (Å²) in [5, 5.41) is 3.81. The van der Waals surface area contributed by atoms with Gasteiger partial charge in [0.05, 0.1) is 12.5 Å². The Bertz CT molecular complexity index is 1020. The summed E-state index contributed by atoms with van der Waals surface area (Å²) in [7, 11) is 1.29. The zero-order valence-electron chi connectivity index (χ0n) is 17.3. The molecule has 0 aromatic heterocycles. The molecule has 6 heteroatoms. The van der Waals surface area contributed by atoms with Gasteiger partial charge in [0, 0.05) is 16.5 Å². The molecule has 0 unspecified atom stereocenters. The second-order valence-electron chi connectivity index (χ2n) is 7.35. The van der Waals surface area contributed by atoms with Crippen LogP contribution in [0, 0.1) is 0 Å². The second-order valence-corrected chi connectivity index (χ2v) is 8.19. The second kappa shape index (κ2) is 9.99. The molecule has 160 valence electrons. The van der Waals surface area contributed by atoms with Gasteiger partial charge in [-0.2, -0.15) is 0 Å². The van der Waals surface area contributed by atoms with Crippen LogP contribution in [0.4, 0.5) is 0 Å². The number of methoxy groups -OCH3 is 1. The van der Waals surface area contributed by atoms with E-state index in [1.807, 2.05) is 67.6 Å². The summed E-state index contributed by atoms with van der Waals surface area (Å²) in [6, 6.07) is 23.0. The number of carbonyl (C=O) groups is 2. The minimum atomic E-state index is -1.02. The minimum Gasteiger partial charge on any atom is -0.467 e. The summed E-state index contributed by atoms with van der Waals surface area (Å²) in [5.74, 6) is -0.867. The maximum Gasteiger partial charge on any atom is 0.328 e. The molecular weight excluding hydrogens is 433 g/mol. The van der Waals surface area contributed by atoms with Gasteiger partial charge in [-0.3, -0.25) is 4.79 Å². The van der Waals surface area contributed by atoms with Crippen molar-refractivity contribution in [3.05, 3.63) is 106 Å². The van der Waals surface area contributed by atoms with Gasteiger partial charge >= 0.3 is 5.97 Å². The molecule has 0 bridgehead atoms. The minimum absolute atomic E-state index is 0.175. The zero-order valence-corrected chi connectivity index (χ0v) is 18.8. The number of carbonyl (C=O) groups excluding carboxylic acids is 2. The van der Waals surface area contributed by atoms with Crippen molar-refractivity contribution < 1.29 is 14.3 Å². The number of nitrogens with one attached hydrogen (secondary N) is 1. The molecule has 0 heterocycles. The normalized spacial score (nSPS) is 12.1. The van der Waals surface area contributed by atoms with Crippen molar-refractivity contribution in [2.45, 2.75) is 24.8 Å². The standard InChI is InChI=1S/C25H23Cl2NO3/c1-25(18-9-5-3-6-10-18,19-11-7-4-8-12-19)24(30)28-22(23(29)31-2)15-17-13-14-20(26)16-21(17)27/h3-14,16,22H,15H2,1-2H3,(H,28,30)/t22-/m1/s1. The quantitative estimate of drug-likeness (QED) is 0.498. The van der Waals surface area contributed by atoms with Crippen LogP contribution >= 0.6 is 23.2 Å². The van der Waals surface area contributed by atoms with E-state index in [1.54, 1.807) is 18.2 Å². The zero-order chi connectivity index (χ0) is 22.4. The smallest absolute Gasteiger partial charge is 0.328 e. The van der Waals surface area contributed by atoms with Gasteiger partial charge in [-0.1, -0.05) is 89.9 Å². The highest BCUT2D eigenvalue weighted by molar-refractivity contribution is 6.35. The molecule has 0 aliphatic rings. The Hall–Kier alpha value is -2.82. The first-order valence-corrected chi connectivity index (χ1v) is 10.6. The van der Waals surface area contributed by atoms with Gasteiger partial charge in [-0.15, -0.1) is 0 Å². The number of amides is 1. The van der Waals surface area contributed by atoms with Gasteiger partial charge in [0.25, 0.3) is 0 Å². The Balaban J connectivity index is 1.96. The van der Waals surface area contributed by atoms with E-state index >= 15 is 0 Å². The van der Waals surface area contributed by atoms with Crippen LogP contribution in [0.15, 0.2) is 78.9 Å². The first kappa shape index (κ1) is 22.9. The fourth-order valence-electron chi connectivity index (χ4n) is 3.52. The predicted molar refractivity (Wildman–Crippen MR) is 123 cm³/mol. The van der Waals surface area contributed by atoms with E-state index < -0.39 is 17.4 Å². The number of esters is 1. The average molecular weight is 456 g/mol. The fourth-order valence-corrected chi connectivity index (χ4v) is 4.00. The summed E-state index contributed by atoms with van der Waals surface area (Å²) < 4.78 is 4.95. The van der Waals surface area contributed by atoms with Gasteiger partial charge in [0.2, 0.25) is 5.91 Å². The molecule has 0 radical (unpaired) electrons. The van der Waals surface area contributed by atoms with Crippen molar-refractivity contribution in [1.82, 2.24) is 5.32 Å². The highest BCUT2D eigenvalue weighted by Gasteiger charge is 2.39. The van der Waals surface area contributed by atoms with Crippen LogP contribution in [0.3, 0.4) is 0 Å². The molecule has 1 atom stereocenters. The maximum absolute atomic E-state index is 13.7. The summed E-state index contributed by atoms with van der Waals surface area (Å²) in [6.07, 6.45) is 0.175. The first-order valence-electron chi connectivity index (χ1n) is 9.80. The number of hydrogen-bond acceptors (Lipinski definition) is 3. The van der Waals surface area contributed by atoms with Crippen molar-refractivity contribution in [1.29, 1.82) is 0 Å². The summed E-state index contributed by atoms with van der Waals surface area (Å²) >= 11 is 12.3. The van der Waals surface area contributed by atoms with Gasteiger partial charge < -0.3 is 10.1 Å². The molecule has 0 aliphatic carbocycles. The van der Waals surface area contributed by atoms with Crippen LogP contribution in [-0.4, -0.2) is 25.0 Å². The van der Waals surface area contributed by atoms with Crippen molar-refractivity contribution in [3.63, 3.8) is 0 Å². The topological polar surface area (TPSA) is 55.4 Å². The number of ether oxygens (including phenoxy) is 1. The lowest BCUT2D eigenvalue weighted by Gasteiger charge is -2.31. The van der Waals surface area contributed by atoms with Crippen molar-refractivity contribution in [3.8, 4) is 0 Å². The van der Waals surface area contributed by atoms with Crippen molar-refractivity contribution in [2.75, 3.05) is 7.11 Å². The lowest BCUT2D eigenvalue weighted by Crippen LogP contribution is -2.51. The molecule has 4 nitrogen and oxygen atoms in total. The molecule has 0 saturated carbocycles. The molecular formula is C25H23Cl2NO3. The number of hydrogen-bond donors (Lipinski definition) is 1. The third kappa shape index (κ3) is 5.09. The maximum atomic E-state index is 13.7. The molecule has 0 aliphatic heterocycles. The van der Waals surface area contributed by atoms with Gasteiger partial charge in [0.1, 0.15) is 6.04 Å². The first-order chi connectivity index (χ1) is 14.9. The van der Waals surface area contributed by atoms with E-state index in [2.05, 4.69) is 5.32 Å². The van der Waals surface area contributed by atoms with Crippen LogP contribution in [0.2, 0.25) is 10.0 Å². The third-order valence-electron chi connectivity index (χ3n) is 5.39. The Morgan fingerprint density at radius 1 is 0.935 bits per heavy atom. The molecule has 0 fully saturated rings. The lowest BCUT2D eigenvalue weighted by atomic mass is 9.75. The Kier molecular flexibility index (Phi) is 7.37. The Morgan fingerprint density at radius 3 is 1.97 bits per heavy atom. The Morgan fingerprint density at radius 2 is 1.48 bits per heavy atom. The molecule has 1 amide bonds. The van der Waals surface area contributed by atoms with E-state index in [0.29, 0.717) is 15.6 Å². The van der Waals surface area contributed by atoms with Crippen LogP contribution in [0.25, 0.3) is 0 Å². The largest absolute Gasteiger partial charge is 0.467 e. The van der Waals surface area contributed by atoms with Gasteiger partial charge in [-0.05, 0) is 35.7 Å². The van der Waals surface area contributed by atoms with E-state index in [-0.39, 0.29) is 12.3 Å². The average Bonchev–Trinajstić information content (AvgIpc) is 2.80. The van der Waals surface area contributed by atoms with Gasteiger partial charge in [0.15, 0.2) is 0 Å². The van der Waals surface area contributed by atoms with Crippen LogP contribution in [0.5, 0.6) is 0 Å². The highest BCUT2D eigenvalue weighted by Crippen LogP contribution is 2.32. The SMILES string of the molecule is COC(=O)[C@@H](Cc1ccc(Cl)cc1Cl)NC(=O)C(C)(c1ccccc1)c1ccccc1. The summed E-state index contributed by atoms with van der Waals surface area (Å²) in [6.45, 7) is 1.84. The molecule has 0 saturated heterocycles. The number of benzene rings is 3. The third-order valence-corrected chi connectivity index (χ3v) is 5.97. The van der Waals surface area contributed by atoms with Crippen molar-refractivity contribution in [2.24, 2.45) is 0 Å². The van der Waals surface area contributed by atoms with E-state index in [4.69, 9.17) is 27.9 Å². The summed E-state index contributed by atoms with van der Waals surface area (Å²) in [5.41, 5.74) is 1.29. The Labute approximate surface area is 192 Å². The molecule has 31 heavy (non-hydrogen) atoms. The van der Waals surface area contributed by atoms with Crippen molar-refractivity contribution >= 4 is 35.1 Å². The molecule has 3 rings (SSSR count). The van der Waals surface area contributed by atoms with Crippen LogP contribution in [0.1, 0.15) is 23.6 Å².